The maximum atomic E-state index is 11.9. The van der Waals surface area contributed by atoms with Crippen molar-refractivity contribution in [1.82, 2.24) is 10.3 Å². The fraction of sp³-hybridized carbons (Fsp3) is 0.364. The molecule has 1 aromatic rings. The third kappa shape index (κ3) is 2.60. The molecule has 0 spiro atoms. The van der Waals surface area contributed by atoms with Crippen molar-refractivity contribution in [1.29, 1.82) is 0 Å². The normalized spacial score (nSPS) is 22.7. The fourth-order valence-electron chi connectivity index (χ4n) is 1.73. The average molecular weight is 271 g/mol. The van der Waals surface area contributed by atoms with Crippen molar-refractivity contribution in [2.75, 3.05) is 13.2 Å². The van der Waals surface area contributed by atoms with Crippen LogP contribution in [0.25, 0.3) is 0 Å². The zero-order valence-corrected chi connectivity index (χ0v) is 10.1. The average Bonchev–Trinajstić information content (AvgIpc) is 2.77. The predicted molar refractivity (Wildman–Crippen MR) is 62.4 cm³/mol. The van der Waals surface area contributed by atoms with Gasteiger partial charge in [-0.2, -0.15) is 0 Å². The highest BCUT2D eigenvalue weighted by Crippen LogP contribution is 2.17. The number of rotatable bonds is 3. The van der Waals surface area contributed by atoms with E-state index in [1.54, 1.807) is 0 Å². The fourth-order valence-corrected chi connectivity index (χ4v) is 1.92. The summed E-state index contributed by atoms with van der Waals surface area (Å²) in [6.45, 7) is 0.279. The van der Waals surface area contributed by atoms with Crippen molar-refractivity contribution in [3.63, 3.8) is 0 Å². The highest BCUT2D eigenvalue weighted by molar-refractivity contribution is 6.33. The number of aromatic nitrogens is 1. The van der Waals surface area contributed by atoms with Crippen LogP contribution < -0.4 is 5.32 Å². The minimum Gasteiger partial charge on any atom is -0.481 e. The number of nitrogens with one attached hydrogen (secondary N) is 1. The standard InChI is InChI=1S/C11H11ClN2O4/c12-8-1-2-13-3-6(8)10(15)14-9-5-18-4-7(9)11(16)17/h1-3,7,9H,4-5H2,(H,14,15)(H,16,17). The van der Waals surface area contributed by atoms with Crippen molar-refractivity contribution >= 4 is 23.5 Å². The lowest BCUT2D eigenvalue weighted by atomic mass is 10.0. The van der Waals surface area contributed by atoms with E-state index in [0.717, 1.165) is 0 Å². The van der Waals surface area contributed by atoms with Crippen LogP contribution in [0.15, 0.2) is 18.5 Å². The Morgan fingerprint density at radius 2 is 2.28 bits per heavy atom. The molecule has 2 atom stereocenters. The second kappa shape index (κ2) is 5.32. The van der Waals surface area contributed by atoms with E-state index in [1.807, 2.05) is 0 Å². The van der Waals surface area contributed by atoms with Crippen molar-refractivity contribution in [2.45, 2.75) is 6.04 Å². The van der Waals surface area contributed by atoms with E-state index in [2.05, 4.69) is 10.3 Å². The van der Waals surface area contributed by atoms with Crippen LogP contribution in [0.3, 0.4) is 0 Å². The molecule has 18 heavy (non-hydrogen) atoms. The monoisotopic (exact) mass is 270 g/mol. The largest absolute Gasteiger partial charge is 0.481 e. The van der Waals surface area contributed by atoms with Gasteiger partial charge < -0.3 is 15.2 Å². The first-order valence-corrected chi connectivity index (χ1v) is 5.68. The summed E-state index contributed by atoms with van der Waals surface area (Å²) in [5.74, 6) is -2.17. The number of hydrogen-bond acceptors (Lipinski definition) is 4. The lowest BCUT2D eigenvalue weighted by Gasteiger charge is -2.15. The molecule has 0 bridgehead atoms. The van der Waals surface area contributed by atoms with Gasteiger partial charge in [-0.1, -0.05) is 11.6 Å². The van der Waals surface area contributed by atoms with Gasteiger partial charge in [0, 0.05) is 12.4 Å². The van der Waals surface area contributed by atoms with Crippen LogP contribution in [0.1, 0.15) is 10.4 Å². The van der Waals surface area contributed by atoms with Gasteiger partial charge in [0.05, 0.1) is 29.8 Å². The SMILES string of the molecule is O=C(NC1COCC1C(=O)O)c1cnccc1Cl. The number of hydrogen-bond donors (Lipinski definition) is 2. The number of aliphatic carboxylic acids is 1. The number of carboxylic acid groups (broad SMARTS) is 1. The van der Waals surface area contributed by atoms with Crippen LogP contribution in [0.2, 0.25) is 5.02 Å². The van der Waals surface area contributed by atoms with E-state index in [-0.39, 0.29) is 23.8 Å². The molecule has 6 nitrogen and oxygen atoms in total. The second-order valence-electron chi connectivity index (χ2n) is 3.92. The molecular weight excluding hydrogens is 260 g/mol. The van der Waals surface area contributed by atoms with Gasteiger partial charge in [-0.3, -0.25) is 14.6 Å². The molecule has 2 unspecified atom stereocenters. The van der Waals surface area contributed by atoms with Gasteiger partial charge in [0.25, 0.3) is 5.91 Å². The zero-order chi connectivity index (χ0) is 13.1. The van der Waals surface area contributed by atoms with Crippen LogP contribution in [-0.4, -0.2) is 41.2 Å². The Hall–Kier alpha value is -1.66. The van der Waals surface area contributed by atoms with Gasteiger partial charge in [0.2, 0.25) is 0 Å². The van der Waals surface area contributed by atoms with E-state index in [4.69, 9.17) is 21.4 Å². The number of halogens is 1. The molecule has 96 valence electrons. The molecule has 0 aromatic carbocycles. The molecule has 2 rings (SSSR count). The van der Waals surface area contributed by atoms with E-state index in [1.165, 1.54) is 18.5 Å². The van der Waals surface area contributed by atoms with Crippen molar-refractivity contribution in [3.8, 4) is 0 Å². The van der Waals surface area contributed by atoms with Crippen LogP contribution in [-0.2, 0) is 9.53 Å². The molecule has 1 aromatic heterocycles. The van der Waals surface area contributed by atoms with Crippen molar-refractivity contribution < 1.29 is 19.4 Å². The quantitative estimate of drug-likeness (QED) is 0.838. The zero-order valence-electron chi connectivity index (χ0n) is 9.30. The summed E-state index contributed by atoms with van der Waals surface area (Å²) in [7, 11) is 0. The van der Waals surface area contributed by atoms with Crippen LogP contribution in [0.5, 0.6) is 0 Å². The molecular formula is C11H11ClN2O4. The van der Waals surface area contributed by atoms with Crippen LogP contribution in [0.4, 0.5) is 0 Å². The summed E-state index contributed by atoms with van der Waals surface area (Å²) in [4.78, 5) is 26.6. The Labute approximate surface area is 108 Å². The molecule has 1 amide bonds. The first-order chi connectivity index (χ1) is 8.59. The topological polar surface area (TPSA) is 88.5 Å². The molecule has 0 radical (unpaired) electrons. The van der Waals surface area contributed by atoms with E-state index >= 15 is 0 Å². The Balaban J connectivity index is 2.08. The Morgan fingerprint density at radius 1 is 1.50 bits per heavy atom. The van der Waals surface area contributed by atoms with Gasteiger partial charge in [-0.15, -0.1) is 0 Å². The van der Waals surface area contributed by atoms with Gasteiger partial charge in [0.15, 0.2) is 0 Å². The number of carbonyl (C=O) groups is 2. The van der Waals surface area contributed by atoms with E-state index < -0.39 is 23.8 Å². The minimum atomic E-state index is -0.991. The first kappa shape index (κ1) is 12.8. The minimum absolute atomic E-state index is 0.0983. The Bertz CT molecular complexity index is 480. The number of nitrogens with zero attached hydrogens (tertiary/aromatic N) is 1. The maximum Gasteiger partial charge on any atom is 0.311 e. The maximum absolute atomic E-state index is 11.9. The Kier molecular flexibility index (Phi) is 3.78. The van der Waals surface area contributed by atoms with Gasteiger partial charge >= 0.3 is 5.97 Å². The summed E-state index contributed by atoms with van der Waals surface area (Å²) < 4.78 is 5.05. The smallest absolute Gasteiger partial charge is 0.311 e. The summed E-state index contributed by atoms with van der Waals surface area (Å²) in [5.41, 5.74) is 0.218. The molecule has 7 heteroatoms. The van der Waals surface area contributed by atoms with E-state index in [9.17, 15) is 9.59 Å². The molecule has 1 fully saturated rings. The number of amides is 1. The summed E-state index contributed by atoms with van der Waals surface area (Å²) in [6, 6.07) is 0.947. The van der Waals surface area contributed by atoms with Gasteiger partial charge in [0.1, 0.15) is 5.92 Å². The molecule has 2 N–H and O–H groups in total. The predicted octanol–water partition coefficient (Wildman–Crippen LogP) is 0.564. The van der Waals surface area contributed by atoms with E-state index in [0.29, 0.717) is 0 Å². The summed E-state index contributed by atoms with van der Waals surface area (Å²) >= 11 is 5.86. The molecule has 1 saturated heterocycles. The second-order valence-corrected chi connectivity index (χ2v) is 4.32. The molecule has 0 aliphatic carbocycles. The lowest BCUT2D eigenvalue weighted by molar-refractivity contribution is -0.142. The molecule has 2 heterocycles. The summed E-state index contributed by atoms with van der Waals surface area (Å²) in [5, 5.41) is 11.8. The number of carboxylic acids is 1. The van der Waals surface area contributed by atoms with Crippen molar-refractivity contribution in [2.24, 2.45) is 5.92 Å². The lowest BCUT2D eigenvalue weighted by Crippen LogP contribution is -2.42. The summed E-state index contributed by atoms with van der Waals surface area (Å²) in [6.07, 6.45) is 2.81. The van der Waals surface area contributed by atoms with Gasteiger partial charge in [-0.25, -0.2) is 0 Å². The highest BCUT2D eigenvalue weighted by atomic mass is 35.5. The van der Waals surface area contributed by atoms with Crippen LogP contribution in [0, 0.1) is 5.92 Å². The molecule has 1 aliphatic heterocycles. The Morgan fingerprint density at radius 3 is 2.94 bits per heavy atom. The van der Waals surface area contributed by atoms with Gasteiger partial charge in [-0.05, 0) is 6.07 Å². The highest BCUT2D eigenvalue weighted by Gasteiger charge is 2.35. The van der Waals surface area contributed by atoms with Crippen molar-refractivity contribution in [3.05, 3.63) is 29.0 Å². The third-order valence-corrected chi connectivity index (χ3v) is 3.06. The first-order valence-electron chi connectivity index (χ1n) is 5.30. The molecule has 0 saturated carbocycles. The van der Waals surface area contributed by atoms with Crippen LogP contribution >= 0.6 is 11.6 Å². The molecule has 1 aliphatic rings. The number of ether oxygens (including phenoxy) is 1. The number of pyridine rings is 1. The number of carbonyl (C=O) groups excluding carboxylic acids is 1. The third-order valence-electron chi connectivity index (χ3n) is 2.73.